The molecule has 7 heteroatoms. The largest absolute Gasteiger partial charge is 0.416 e. The number of hydrogen-bond donors (Lipinski definition) is 1. The van der Waals surface area contributed by atoms with Crippen molar-refractivity contribution in [1.29, 1.82) is 0 Å². The highest BCUT2D eigenvalue weighted by molar-refractivity contribution is 7.89. The van der Waals surface area contributed by atoms with E-state index in [2.05, 4.69) is 0 Å². The number of aliphatic hydroxyl groups excluding tert-OH is 1. The van der Waals surface area contributed by atoms with Crippen molar-refractivity contribution in [3.63, 3.8) is 0 Å². The molecule has 2 rings (SSSR count). The zero-order valence-corrected chi connectivity index (χ0v) is 12.9. The summed E-state index contributed by atoms with van der Waals surface area (Å²) >= 11 is 0. The van der Waals surface area contributed by atoms with Gasteiger partial charge in [0.1, 0.15) is 0 Å². The van der Waals surface area contributed by atoms with Gasteiger partial charge in [-0.25, -0.2) is 8.42 Å². The topological polar surface area (TPSA) is 54.4 Å². The highest BCUT2D eigenvalue weighted by atomic mass is 32.2. The lowest BCUT2D eigenvalue weighted by molar-refractivity contribution is -0.138. The van der Waals surface area contributed by atoms with Gasteiger partial charge in [0, 0.05) is 0 Å². The Kier molecular flexibility index (Phi) is 5.11. The zero-order chi connectivity index (χ0) is 17.1. The van der Waals surface area contributed by atoms with Crippen molar-refractivity contribution in [1.82, 2.24) is 0 Å². The Morgan fingerprint density at radius 2 is 1.43 bits per heavy atom. The Morgan fingerprint density at radius 3 is 2.00 bits per heavy atom. The molecule has 0 aliphatic rings. The number of hydrogen-bond acceptors (Lipinski definition) is 3. The van der Waals surface area contributed by atoms with Crippen LogP contribution in [0.25, 0.3) is 0 Å². The first-order valence-electron chi connectivity index (χ1n) is 6.75. The molecule has 0 atom stereocenters. The van der Waals surface area contributed by atoms with Crippen LogP contribution in [0, 0.1) is 0 Å². The molecular formula is C16H15F3O3S. The first kappa shape index (κ1) is 17.5. The van der Waals surface area contributed by atoms with Gasteiger partial charge in [0.25, 0.3) is 0 Å². The van der Waals surface area contributed by atoms with Crippen molar-refractivity contribution in [2.75, 3.05) is 0 Å². The molecule has 0 unspecified atom stereocenters. The van der Waals surface area contributed by atoms with Crippen molar-refractivity contribution in [3.05, 3.63) is 70.8 Å². The van der Waals surface area contributed by atoms with Crippen LogP contribution in [-0.4, -0.2) is 13.5 Å². The highest BCUT2D eigenvalue weighted by Crippen LogP contribution is 2.32. The van der Waals surface area contributed by atoms with Gasteiger partial charge < -0.3 is 5.11 Å². The minimum Gasteiger partial charge on any atom is -0.392 e. The standard InChI is InChI=1S/C16H15F3O3S/c17-16(18,19)15-4-2-1-3-14(15)11-23(21,22)10-13-7-5-12(9-20)6-8-13/h1-8,20H,9-11H2. The molecule has 2 aromatic rings. The summed E-state index contributed by atoms with van der Waals surface area (Å²) < 4.78 is 63.1. The van der Waals surface area contributed by atoms with Crippen LogP contribution in [0.2, 0.25) is 0 Å². The van der Waals surface area contributed by atoms with Crippen molar-refractivity contribution in [2.45, 2.75) is 24.3 Å². The Bertz CT molecular complexity index is 766. The van der Waals surface area contributed by atoms with Gasteiger partial charge in [-0.15, -0.1) is 0 Å². The van der Waals surface area contributed by atoms with Crippen LogP contribution in [0.1, 0.15) is 22.3 Å². The van der Waals surface area contributed by atoms with Crippen molar-refractivity contribution >= 4 is 9.84 Å². The summed E-state index contributed by atoms with van der Waals surface area (Å²) in [7, 11) is -3.75. The first-order valence-corrected chi connectivity index (χ1v) is 8.57. The molecule has 0 spiro atoms. The number of sulfone groups is 1. The van der Waals surface area contributed by atoms with E-state index in [1.807, 2.05) is 0 Å². The van der Waals surface area contributed by atoms with Crippen LogP contribution in [0.3, 0.4) is 0 Å². The van der Waals surface area contributed by atoms with Crippen LogP contribution in [0.15, 0.2) is 48.5 Å². The molecule has 0 bridgehead atoms. The summed E-state index contributed by atoms with van der Waals surface area (Å²) in [5.41, 5.74) is -0.0913. The lowest BCUT2D eigenvalue weighted by atomic mass is 10.1. The number of halogens is 3. The lowest BCUT2D eigenvalue weighted by Gasteiger charge is -2.13. The summed E-state index contributed by atoms with van der Waals surface area (Å²) in [4.78, 5) is 0. The van der Waals surface area contributed by atoms with Crippen molar-refractivity contribution < 1.29 is 26.7 Å². The van der Waals surface area contributed by atoms with Gasteiger partial charge in [-0.05, 0) is 22.8 Å². The molecule has 0 aliphatic heterocycles. The van der Waals surface area contributed by atoms with Crippen molar-refractivity contribution in [2.24, 2.45) is 0 Å². The minimum absolute atomic E-state index is 0.161. The maximum absolute atomic E-state index is 12.9. The second kappa shape index (κ2) is 6.72. The van der Waals surface area contributed by atoms with Gasteiger partial charge in [-0.1, -0.05) is 42.5 Å². The SMILES string of the molecule is O=S(=O)(Cc1ccc(CO)cc1)Cc1ccccc1C(F)(F)F. The van der Waals surface area contributed by atoms with Crippen LogP contribution >= 0.6 is 0 Å². The monoisotopic (exact) mass is 344 g/mol. The quantitative estimate of drug-likeness (QED) is 0.905. The predicted molar refractivity (Wildman–Crippen MR) is 80.1 cm³/mol. The Hall–Kier alpha value is -1.86. The summed E-state index contributed by atoms with van der Waals surface area (Å²) in [5.74, 6) is -1.03. The maximum Gasteiger partial charge on any atom is 0.416 e. The smallest absolute Gasteiger partial charge is 0.392 e. The average molecular weight is 344 g/mol. The molecule has 1 N–H and O–H groups in total. The third-order valence-corrected chi connectivity index (χ3v) is 4.81. The lowest BCUT2D eigenvalue weighted by Crippen LogP contribution is -2.14. The Balaban J connectivity index is 2.21. The molecule has 2 aromatic carbocycles. The molecular weight excluding hydrogens is 329 g/mol. The molecule has 0 aromatic heterocycles. The Labute approximate surface area is 132 Å². The molecule has 0 radical (unpaired) electrons. The molecule has 0 fully saturated rings. The van der Waals surface area contributed by atoms with E-state index in [0.717, 1.165) is 6.07 Å². The normalized spacial score (nSPS) is 12.3. The van der Waals surface area contributed by atoms with E-state index < -0.39 is 27.3 Å². The summed E-state index contributed by atoms with van der Waals surface area (Å²) in [6, 6.07) is 10.9. The maximum atomic E-state index is 12.9. The summed E-state index contributed by atoms with van der Waals surface area (Å²) in [6.45, 7) is -0.161. The van der Waals surface area contributed by atoms with Gasteiger partial charge in [-0.2, -0.15) is 13.2 Å². The third-order valence-electron chi connectivity index (χ3n) is 3.29. The Morgan fingerprint density at radius 1 is 0.870 bits per heavy atom. The number of alkyl halides is 3. The molecule has 0 heterocycles. The van der Waals surface area contributed by atoms with Crippen LogP contribution < -0.4 is 0 Å². The summed E-state index contributed by atoms with van der Waals surface area (Å²) in [5, 5.41) is 8.94. The first-order chi connectivity index (χ1) is 10.7. The highest BCUT2D eigenvalue weighted by Gasteiger charge is 2.33. The molecule has 3 nitrogen and oxygen atoms in total. The van der Waals surface area contributed by atoms with Gasteiger partial charge in [-0.3, -0.25) is 0 Å². The fraction of sp³-hybridized carbons (Fsp3) is 0.250. The van der Waals surface area contributed by atoms with Crippen LogP contribution in [-0.2, 0) is 34.1 Å². The van der Waals surface area contributed by atoms with Crippen LogP contribution in [0.4, 0.5) is 13.2 Å². The van der Waals surface area contributed by atoms with E-state index >= 15 is 0 Å². The van der Waals surface area contributed by atoms with E-state index in [1.54, 1.807) is 24.3 Å². The minimum atomic E-state index is -4.59. The molecule has 0 amide bonds. The second-order valence-corrected chi connectivity index (χ2v) is 7.23. The molecule has 0 aliphatic carbocycles. The van der Waals surface area contributed by atoms with E-state index in [-0.39, 0.29) is 17.9 Å². The molecule has 0 saturated heterocycles. The molecule has 0 saturated carbocycles. The zero-order valence-electron chi connectivity index (χ0n) is 12.0. The van der Waals surface area contributed by atoms with Crippen molar-refractivity contribution in [3.8, 4) is 0 Å². The second-order valence-electron chi connectivity index (χ2n) is 5.16. The molecule has 124 valence electrons. The predicted octanol–water partition coefficient (Wildman–Crippen LogP) is 3.31. The third kappa shape index (κ3) is 4.80. The number of rotatable bonds is 5. The van der Waals surface area contributed by atoms with E-state index in [9.17, 15) is 21.6 Å². The van der Waals surface area contributed by atoms with Crippen LogP contribution in [0.5, 0.6) is 0 Å². The fourth-order valence-corrected chi connectivity index (χ4v) is 3.73. The fourth-order valence-electron chi connectivity index (χ4n) is 2.21. The van der Waals surface area contributed by atoms with E-state index in [0.29, 0.717) is 11.1 Å². The average Bonchev–Trinajstić information content (AvgIpc) is 2.46. The van der Waals surface area contributed by atoms with E-state index in [4.69, 9.17) is 5.11 Å². The van der Waals surface area contributed by atoms with Gasteiger partial charge in [0.15, 0.2) is 9.84 Å². The molecule has 23 heavy (non-hydrogen) atoms. The van der Waals surface area contributed by atoms with Gasteiger partial charge >= 0.3 is 6.18 Å². The summed E-state index contributed by atoms with van der Waals surface area (Å²) in [6.07, 6.45) is -4.59. The number of benzene rings is 2. The van der Waals surface area contributed by atoms with E-state index in [1.165, 1.54) is 18.2 Å². The number of aliphatic hydroxyl groups is 1. The van der Waals surface area contributed by atoms with Gasteiger partial charge in [0.05, 0.1) is 23.7 Å². The van der Waals surface area contributed by atoms with Gasteiger partial charge in [0.2, 0.25) is 0 Å².